The third-order valence-electron chi connectivity index (χ3n) is 3.65. The molecule has 1 amide bonds. The number of thiazole rings is 1. The van der Waals surface area contributed by atoms with E-state index >= 15 is 0 Å². The van der Waals surface area contributed by atoms with Crippen LogP contribution in [0.4, 0.5) is 0 Å². The summed E-state index contributed by atoms with van der Waals surface area (Å²) in [6.07, 6.45) is 7.81. The molecule has 20 heavy (non-hydrogen) atoms. The van der Waals surface area contributed by atoms with E-state index < -0.39 is 0 Å². The van der Waals surface area contributed by atoms with Gasteiger partial charge in [-0.1, -0.05) is 12.2 Å². The molecule has 110 valence electrons. The number of rotatable bonds is 6. The highest BCUT2D eigenvalue weighted by molar-refractivity contribution is 7.11. The molecule has 0 fully saturated rings. The normalized spacial score (nSPS) is 18.2. The second kappa shape index (κ2) is 7.55. The van der Waals surface area contributed by atoms with Crippen LogP contribution in [0.2, 0.25) is 0 Å². The first-order chi connectivity index (χ1) is 9.72. The summed E-state index contributed by atoms with van der Waals surface area (Å²) >= 11 is 1.42. The molecule has 0 radical (unpaired) electrons. The number of amides is 1. The summed E-state index contributed by atoms with van der Waals surface area (Å²) in [5, 5.41) is 0. The van der Waals surface area contributed by atoms with Crippen LogP contribution in [-0.2, 0) is 4.74 Å². The molecule has 0 spiro atoms. The minimum atomic E-state index is 0.0941. The summed E-state index contributed by atoms with van der Waals surface area (Å²) in [5.41, 5.74) is 2.56. The number of methoxy groups -OCH3 is 1. The number of aromatic nitrogens is 1. The van der Waals surface area contributed by atoms with Gasteiger partial charge in [0.2, 0.25) is 0 Å². The number of aryl methyl sites for hydroxylation is 1. The van der Waals surface area contributed by atoms with Crippen molar-refractivity contribution in [3.8, 4) is 0 Å². The number of carbonyl (C=O) groups is 1. The van der Waals surface area contributed by atoms with Crippen LogP contribution in [0, 0.1) is 12.8 Å². The van der Waals surface area contributed by atoms with Gasteiger partial charge in [0.25, 0.3) is 5.91 Å². The molecule has 0 saturated heterocycles. The van der Waals surface area contributed by atoms with Crippen molar-refractivity contribution in [3.63, 3.8) is 0 Å². The van der Waals surface area contributed by atoms with Gasteiger partial charge >= 0.3 is 0 Å². The van der Waals surface area contributed by atoms with Crippen LogP contribution in [0.5, 0.6) is 0 Å². The summed E-state index contributed by atoms with van der Waals surface area (Å²) in [6, 6.07) is 0. The molecule has 1 aromatic heterocycles. The van der Waals surface area contributed by atoms with Crippen LogP contribution in [0.25, 0.3) is 0 Å². The molecule has 0 bridgehead atoms. The monoisotopic (exact) mass is 294 g/mol. The van der Waals surface area contributed by atoms with E-state index in [9.17, 15) is 4.79 Å². The molecule has 1 heterocycles. The Morgan fingerprint density at radius 2 is 2.40 bits per heavy atom. The second-order valence-electron chi connectivity index (χ2n) is 5.16. The van der Waals surface area contributed by atoms with Gasteiger partial charge in [-0.15, -0.1) is 11.3 Å². The SMILES string of the molecule is COCCN(C[C@H]1CC=CCC1)C(=O)c1scnc1C. The van der Waals surface area contributed by atoms with Gasteiger partial charge in [-0.25, -0.2) is 4.98 Å². The van der Waals surface area contributed by atoms with Gasteiger partial charge in [0.05, 0.1) is 17.8 Å². The Kier molecular flexibility index (Phi) is 5.73. The third kappa shape index (κ3) is 3.90. The van der Waals surface area contributed by atoms with E-state index in [2.05, 4.69) is 17.1 Å². The van der Waals surface area contributed by atoms with Gasteiger partial charge in [-0.3, -0.25) is 4.79 Å². The maximum absolute atomic E-state index is 12.6. The molecule has 0 aromatic carbocycles. The van der Waals surface area contributed by atoms with E-state index in [-0.39, 0.29) is 5.91 Å². The minimum Gasteiger partial charge on any atom is -0.383 e. The predicted molar refractivity (Wildman–Crippen MR) is 81.1 cm³/mol. The Hall–Kier alpha value is -1.20. The van der Waals surface area contributed by atoms with Crippen molar-refractivity contribution in [2.45, 2.75) is 26.2 Å². The topological polar surface area (TPSA) is 42.4 Å². The summed E-state index contributed by atoms with van der Waals surface area (Å²) in [5.74, 6) is 0.658. The van der Waals surface area contributed by atoms with Crippen LogP contribution >= 0.6 is 11.3 Å². The molecular weight excluding hydrogens is 272 g/mol. The average Bonchev–Trinajstić information content (AvgIpc) is 2.90. The number of allylic oxidation sites excluding steroid dienone is 2. The van der Waals surface area contributed by atoms with E-state index in [0.717, 1.165) is 36.4 Å². The van der Waals surface area contributed by atoms with E-state index in [0.29, 0.717) is 19.1 Å². The van der Waals surface area contributed by atoms with Gasteiger partial charge in [-0.05, 0) is 32.1 Å². The van der Waals surface area contributed by atoms with Crippen molar-refractivity contribution in [1.29, 1.82) is 0 Å². The number of ether oxygens (including phenoxy) is 1. The fourth-order valence-corrected chi connectivity index (χ4v) is 3.23. The maximum Gasteiger partial charge on any atom is 0.265 e. The molecule has 1 atom stereocenters. The molecule has 0 N–H and O–H groups in total. The number of hydrogen-bond donors (Lipinski definition) is 0. The van der Waals surface area contributed by atoms with Crippen LogP contribution in [0.3, 0.4) is 0 Å². The van der Waals surface area contributed by atoms with Gasteiger partial charge in [0.15, 0.2) is 0 Å². The highest BCUT2D eigenvalue weighted by Gasteiger charge is 2.22. The molecule has 0 saturated carbocycles. The summed E-state index contributed by atoms with van der Waals surface area (Å²) in [6.45, 7) is 3.92. The summed E-state index contributed by atoms with van der Waals surface area (Å²) < 4.78 is 5.14. The molecule has 1 aromatic rings. The zero-order valence-corrected chi connectivity index (χ0v) is 13.0. The lowest BCUT2D eigenvalue weighted by atomic mass is 9.94. The van der Waals surface area contributed by atoms with Crippen LogP contribution in [-0.4, -0.2) is 42.6 Å². The first-order valence-corrected chi connectivity index (χ1v) is 7.93. The largest absolute Gasteiger partial charge is 0.383 e. The van der Waals surface area contributed by atoms with Crippen LogP contribution in [0.15, 0.2) is 17.7 Å². The smallest absolute Gasteiger partial charge is 0.265 e. The predicted octanol–water partition coefficient (Wildman–Crippen LogP) is 2.90. The molecule has 5 heteroatoms. The fourth-order valence-electron chi connectivity index (χ4n) is 2.46. The Bertz CT molecular complexity index is 470. The first-order valence-electron chi connectivity index (χ1n) is 7.05. The van der Waals surface area contributed by atoms with E-state index in [1.807, 2.05) is 11.8 Å². The third-order valence-corrected chi connectivity index (χ3v) is 4.57. The highest BCUT2D eigenvalue weighted by atomic mass is 32.1. The summed E-state index contributed by atoms with van der Waals surface area (Å²) in [7, 11) is 1.67. The van der Waals surface area contributed by atoms with Crippen LogP contribution in [0.1, 0.15) is 34.6 Å². The van der Waals surface area contributed by atoms with Gasteiger partial charge in [-0.2, -0.15) is 0 Å². The van der Waals surface area contributed by atoms with Crippen molar-refractivity contribution in [3.05, 3.63) is 28.2 Å². The molecule has 2 rings (SSSR count). The zero-order chi connectivity index (χ0) is 14.4. The Morgan fingerprint density at radius 1 is 1.55 bits per heavy atom. The minimum absolute atomic E-state index is 0.0941. The lowest BCUT2D eigenvalue weighted by Crippen LogP contribution is -2.38. The molecule has 0 unspecified atom stereocenters. The average molecular weight is 294 g/mol. The number of nitrogens with zero attached hydrogens (tertiary/aromatic N) is 2. The zero-order valence-electron chi connectivity index (χ0n) is 12.2. The lowest BCUT2D eigenvalue weighted by Gasteiger charge is -2.28. The Balaban J connectivity index is 2.04. The fraction of sp³-hybridized carbons (Fsp3) is 0.600. The van der Waals surface area contributed by atoms with Gasteiger partial charge in [0.1, 0.15) is 4.88 Å². The van der Waals surface area contributed by atoms with Gasteiger partial charge < -0.3 is 9.64 Å². The quantitative estimate of drug-likeness (QED) is 0.758. The molecule has 1 aliphatic rings. The Morgan fingerprint density at radius 3 is 3.00 bits per heavy atom. The molecular formula is C15H22N2O2S. The van der Waals surface area contributed by atoms with Crippen molar-refractivity contribution < 1.29 is 9.53 Å². The van der Waals surface area contributed by atoms with E-state index in [1.54, 1.807) is 12.6 Å². The maximum atomic E-state index is 12.6. The standard InChI is InChI=1S/C15H22N2O2S/c1-12-14(20-11-16-12)15(18)17(8-9-19-2)10-13-6-4-3-5-7-13/h3-4,11,13H,5-10H2,1-2H3/t13-/m0/s1. The Labute approximate surface area is 124 Å². The highest BCUT2D eigenvalue weighted by Crippen LogP contribution is 2.21. The van der Waals surface area contributed by atoms with Crippen molar-refractivity contribution in [2.24, 2.45) is 5.92 Å². The van der Waals surface area contributed by atoms with E-state index in [1.165, 1.54) is 11.3 Å². The van der Waals surface area contributed by atoms with E-state index in [4.69, 9.17) is 4.74 Å². The first kappa shape index (κ1) is 15.2. The van der Waals surface area contributed by atoms with Crippen molar-refractivity contribution in [1.82, 2.24) is 9.88 Å². The van der Waals surface area contributed by atoms with Crippen LogP contribution < -0.4 is 0 Å². The lowest BCUT2D eigenvalue weighted by molar-refractivity contribution is 0.0662. The molecule has 1 aliphatic carbocycles. The summed E-state index contributed by atoms with van der Waals surface area (Å²) in [4.78, 5) is 19.5. The molecule has 0 aliphatic heterocycles. The van der Waals surface area contributed by atoms with Crippen molar-refractivity contribution >= 4 is 17.2 Å². The second-order valence-corrected chi connectivity index (χ2v) is 6.02. The van der Waals surface area contributed by atoms with Gasteiger partial charge in [0, 0.05) is 20.2 Å². The van der Waals surface area contributed by atoms with Crippen molar-refractivity contribution in [2.75, 3.05) is 26.8 Å². The number of carbonyl (C=O) groups excluding carboxylic acids is 1. The molecule has 4 nitrogen and oxygen atoms in total. The number of hydrogen-bond acceptors (Lipinski definition) is 4.